The molecule has 0 unspecified atom stereocenters. The average molecular weight is 125 g/mol. The van der Waals surface area contributed by atoms with Crippen LogP contribution in [-0.2, 0) is 10.4 Å². The fourth-order valence-corrected chi connectivity index (χ4v) is 0.378. The Kier molecular flexibility index (Phi) is 1.89. The molecule has 7 heavy (non-hydrogen) atoms. The summed E-state index contributed by atoms with van der Waals surface area (Å²) in [4.78, 5) is 0. The summed E-state index contributed by atoms with van der Waals surface area (Å²) in [6.45, 7) is 1.32. The zero-order chi connectivity index (χ0) is 5.91. The molecule has 0 aliphatic carbocycles. The van der Waals surface area contributed by atoms with Crippen LogP contribution in [0.3, 0.4) is 0 Å². The zero-order valence-electron chi connectivity index (χ0n) is 3.63. The fraction of sp³-hybridized carbons (Fsp3) is 0.500. The highest BCUT2D eigenvalue weighted by Crippen LogP contribution is 1.87. The quantitative estimate of drug-likeness (QED) is 0.373. The van der Waals surface area contributed by atoms with Gasteiger partial charge in [-0.25, -0.2) is 0 Å². The van der Waals surface area contributed by atoms with Crippen LogP contribution in [-0.4, -0.2) is 14.6 Å². The fourth-order valence-electron chi connectivity index (χ4n) is 0.126. The molecule has 0 bridgehead atoms. The molecule has 0 atom stereocenters. The molecule has 0 spiro atoms. The molecule has 0 amide bonds. The van der Waals surface area contributed by atoms with Gasteiger partial charge in [-0.3, -0.25) is 0 Å². The summed E-state index contributed by atoms with van der Waals surface area (Å²) in [5, 5.41) is 0. The van der Waals surface area contributed by atoms with E-state index in [1.165, 1.54) is 6.92 Å². The van der Waals surface area contributed by atoms with Crippen molar-refractivity contribution in [2.24, 2.45) is 4.40 Å². The third kappa shape index (κ3) is 5.55. The van der Waals surface area contributed by atoms with Crippen LogP contribution in [0.2, 0.25) is 0 Å². The van der Waals surface area contributed by atoms with Crippen LogP contribution in [0, 0.1) is 0 Å². The lowest BCUT2D eigenvalue weighted by atomic mass is 10.9. The highest BCUT2D eigenvalue weighted by Gasteiger charge is 1.95. The van der Waals surface area contributed by atoms with Crippen molar-refractivity contribution in [2.75, 3.05) is 0 Å². The van der Waals surface area contributed by atoms with Crippen molar-refractivity contribution in [1.82, 2.24) is 0 Å². The monoisotopic (exact) mass is 125 g/mol. The predicted octanol–water partition coefficient (Wildman–Crippen LogP) is 0.291. The van der Waals surface area contributed by atoms with Crippen LogP contribution >= 0.6 is 0 Å². The summed E-state index contributed by atoms with van der Waals surface area (Å²) >= 11 is 0. The largest absolute Gasteiger partial charge is 0.417 e. The molecule has 42 valence electrons. The summed E-state index contributed by atoms with van der Waals surface area (Å²) in [5.74, 6) is 0. The minimum Gasteiger partial charge on any atom is -0.170 e. The zero-order valence-corrected chi connectivity index (χ0v) is 4.44. The molecule has 0 saturated carbocycles. The highest BCUT2D eigenvalue weighted by atomic mass is 32.3. The molecule has 0 N–H and O–H groups in total. The van der Waals surface area contributed by atoms with Crippen LogP contribution in [0.25, 0.3) is 0 Å². The van der Waals surface area contributed by atoms with E-state index in [9.17, 15) is 12.3 Å². The molecule has 3 nitrogen and oxygen atoms in total. The highest BCUT2D eigenvalue weighted by molar-refractivity contribution is 7.85. The van der Waals surface area contributed by atoms with Gasteiger partial charge >= 0.3 is 10.4 Å². The normalized spacial score (nSPS) is 12.9. The lowest BCUT2D eigenvalue weighted by Crippen LogP contribution is -1.80. The van der Waals surface area contributed by atoms with Gasteiger partial charge in [0.1, 0.15) is 0 Å². The summed E-state index contributed by atoms with van der Waals surface area (Å²) in [7, 11) is -4.60. The van der Waals surface area contributed by atoms with Crippen molar-refractivity contribution in [3.8, 4) is 0 Å². The molecule has 0 aromatic carbocycles. The maximum Gasteiger partial charge on any atom is 0.417 e. The Morgan fingerprint density at radius 3 is 2.14 bits per heavy atom. The Morgan fingerprint density at radius 1 is 1.71 bits per heavy atom. The Morgan fingerprint density at radius 2 is 2.14 bits per heavy atom. The van der Waals surface area contributed by atoms with Crippen LogP contribution in [0.15, 0.2) is 4.40 Å². The lowest BCUT2D eigenvalue weighted by Gasteiger charge is -1.72. The standard InChI is InChI=1S/C2H4FNO2S/c1-2-4-7(3,5)6/h2H,1H3. The minimum atomic E-state index is -4.60. The Hall–Kier alpha value is -0.450. The molecule has 0 rings (SSSR count). The van der Waals surface area contributed by atoms with E-state index in [0.717, 1.165) is 6.21 Å². The van der Waals surface area contributed by atoms with Crippen LogP contribution in [0.5, 0.6) is 0 Å². The second-order valence-corrected chi connectivity index (χ2v) is 1.81. The molecule has 0 radical (unpaired) electrons. The number of hydrogen-bond donors (Lipinski definition) is 0. The van der Waals surface area contributed by atoms with Gasteiger partial charge in [0.15, 0.2) is 0 Å². The molecule has 0 aliphatic heterocycles. The maximum atomic E-state index is 11.2. The minimum absolute atomic E-state index is 0.870. The third-order valence-electron chi connectivity index (χ3n) is 0.231. The van der Waals surface area contributed by atoms with Crippen LogP contribution in [0.1, 0.15) is 6.92 Å². The van der Waals surface area contributed by atoms with E-state index in [4.69, 9.17) is 0 Å². The average Bonchev–Trinajstić information content (AvgIpc) is 1.30. The van der Waals surface area contributed by atoms with E-state index < -0.39 is 10.4 Å². The van der Waals surface area contributed by atoms with Crippen molar-refractivity contribution in [3.63, 3.8) is 0 Å². The Bertz CT molecular complexity index is 159. The number of nitrogens with zero attached hydrogens (tertiary/aromatic N) is 1. The molecule has 0 aromatic heterocycles. The first-order chi connectivity index (χ1) is 3.06. The van der Waals surface area contributed by atoms with Crippen LogP contribution in [0.4, 0.5) is 3.89 Å². The summed E-state index contributed by atoms with van der Waals surface area (Å²) in [5.41, 5.74) is 0. The summed E-state index contributed by atoms with van der Waals surface area (Å²) < 4.78 is 32.3. The van der Waals surface area contributed by atoms with Gasteiger partial charge in [-0.15, -0.1) is 4.40 Å². The summed E-state index contributed by atoms with van der Waals surface area (Å²) in [6, 6.07) is 0. The molecule has 0 fully saturated rings. The second-order valence-electron chi connectivity index (χ2n) is 0.776. The van der Waals surface area contributed by atoms with Crippen LogP contribution < -0.4 is 0 Å². The van der Waals surface area contributed by atoms with E-state index in [2.05, 4.69) is 4.40 Å². The van der Waals surface area contributed by atoms with E-state index in [1.54, 1.807) is 0 Å². The van der Waals surface area contributed by atoms with Gasteiger partial charge in [0.2, 0.25) is 0 Å². The van der Waals surface area contributed by atoms with E-state index in [1.807, 2.05) is 0 Å². The molecule has 5 heteroatoms. The first-order valence-corrected chi connectivity index (χ1v) is 2.85. The first kappa shape index (κ1) is 6.55. The summed E-state index contributed by atoms with van der Waals surface area (Å²) in [6.07, 6.45) is 0.870. The Balaban J connectivity index is 4.13. The third-order valence-corrected chi connectivity index (χ3v) is 0.694. The number of rotatable bonds is 1. The smallest absolute Gasteiger partial charge is 0.170 e. The van der Waals surface area contributed by atoms with Gasteiger partial charge in [-0.05, 0) is 6.92 Å². The maximum absolute atomic E-state index is 11.2. The van der Waals surface area contributed by atoms with Gasteiger partial charge in [0.25, 0.3) is 0 Å². The van der Waals surface area contributed by atoms with Gasteiger partial charge in [0.05, 0.1) is 0 Å². The van der Waals surface area contributed by atoms with Gasteiger partial charge in [-0.1, -0.05) is 3.89 Å². The van der Waals surface area contributed by atoms with Crippen molar-refractivity contribution < 1.29 is 12.3 Å². The molecular weight excluding hydrogens is 121 g/mol. The van der Waals surface area contributed by atoms with Gasteiger partial charge < -0.3 is 0 Å². The second kappa shape index (κ2) is 2.02. The molecule has 0 heterocycles. The first-order valence-electron chi connectivity index (χ1n) is 1.51. The molecular formula is C2H4FNO2S. The van der Waals surface area contributed by atoms with Crippen molar-refractivity contribution in [2.45, 2.75) is 6.92 Å². The van der Waals surface area contributed by atoms with Crippen molar-refractivity contribution in [3.05, 3.63) is 0 Å². The van der Waals surface area contributed by atoms with E-state index >= 15 is 0 Å². The lowest BCUT2D eigenvalue weighted by molar-refractivity contribution is 0.554. The molecule has 0 aliphatic rings. The number of halogens is 1. The van der Waals surface area contributed by atoms with Gasteiger partial charge in [-0.2, -0.15) is 8.42 Å². The topological polar surface area (TPSA) is 46.5 Å². The van der Waals surface area contributed by atoms with Crippen molar-refractivity contribution >= 4 is 16.6 Å². The van der Waals surface area contributed by atoms with E-state index in [-0.39, 0.29) is 0 Å². The SMILES string of the molecule is CC=NS(=O)(=O)F. The number of hydrogen-bond acceptors (Lipinski definition) is 2. The van der Waals surface area contributed by atoms with E-state index in [0.29, 0.717) is 0 Å². The van der Waals surface area contributed by atoms with Gasteiger partial charge in [0, 0.05) is 6.21 Å². The molecule has 0 saturated heterocycles. The predicted molar refractivity (Wildman–Crippen MR) is 24.2 cm³/mol. The molecule has 0 aromatic rings. The Labute approximate surface area is 41.2 Å². The van der Waals surface area contributed by atoms with Crippen molar-refractivity contribution in [1.29, 1.82) is 0 Å².